The first-order chi connectivity index (χ1) is 12.2. The van der Waals surface area contributed by atoms with Crippen molar-refractivity contribution in [3.63, 3.8) is 0 Å². The second-order valence-corrected chi connectivity index (χ2v) is 5.42. The van der Waals surface area contributed by atoms with Crippen molar-refractivity contribution < 1.29 is 9.53 Å². The van der Waals surface area contributed by atoms with Crippen LogP contribution in [0.1, 0.15) is 11.1 Å². The Morgan fingerprint density at radius 3 is 2.44 bits per heavy atom. The number of H-pyrrole nitrogens is 1. The number of aromatic nitrogens is 2. The second-order valence-electron chi connectivity index (χ2n) is 5.42. The van der Waals surface area contributed by atoms with Crippen LogP contribution < -0.4 is 15.6 Å². The van der Waals surface area contributed by atoms with Gasteiger partial charge in [0.25, 0.3) is 5.56 Å². The molecule has 0 fully saturated rings. The Hall–Kier alpha value is -3.41. The van der Waals surface area contributed by atoms with Crippen LogP contribution in [0.25, 0.3) is 0 Å². The third-order valence-corrected chi connectivity index (χ3v) is 3.55. The minimum atomic E-state index is -0.347. The molecule has 1 amide bonds. The maximum Gasteiger partial charge on any atom is 0.267 e. The molecule has 3 aromatic rings. The van der Waals surface area contributed by atoms with Crippen LogP contribution in [0.4, 0.5) is 0 Å². The van der Waals surface area contributed by atoms with Crippen LogP contribution >= 0.6 is 0 Å². The van der Waals surface area contributed by atoms with E-state index in [0.717, 1.165) is 17.1 Å². The van der Waals surface area contributed by atoms with E-state index in [4.69, 9.17) is 4.74 Å². The van der Waals surface area contributed by atoms with E-state index in [1.807, 2.05) is 54.6 Å². The maximum atomic E-state index is 11.9. The number of nitrogens with zero attached hydrogens (tertiary/aromatic N) is 1. The second kappa shape index (κ2) is 7.92. The fraction of sp³-hybridized carbons (Fsp3) is 0.105. The van der Waals surface area contributed by atoms with E-state index in [9.17, 15) is 9.59 Å². The fourth-order valence-electron chi connectivity index (χ4n) is 2.25. The Kier molecular flexibility index (Phi) is 5.21. The van der Waals surface area contributed by atoms with E-state index in [0.29, 0.717) is 12.1 Å². The Labute approximate surface area is 144 Å². The van der Waals surface area contributed by atoms with E-state index in [-0.39, 0.29) is 17.9 Å². The summed E-state index contributed by atoms with van der Waals surface area (Å²) in [5, 5.41) is 8.70. The summed E-state index contributed by atoms with van der Waals surface area (Å²) in [5.41, 5.74) is 0.983. The average Bonchev–Trinajstić information content (AvgIpc) is 2.64. The Morgan fingerprint density at radius 1 is 1.00 bits per heavy atom. The first-order valence-electron chi connectivity index (χ1n) is 7.82. The van der Waals surface area contributed by atoms with Crippen molar-refractivity contribution in [2.75, 3.05) is 0 Å². The normalized spacial score (nSPS) is 10.2. The number of para-hydroxylation sites is 1. The number of hydrogen-bond donors (Lipinski definition) is 2. The van der Waals surface area contributed by atoms with Gasteiger partial charge in [-0.15, -0.1) is 0 Å². The van der Waals surface area contributed by atoms with Gasteiger partial charge in [-0.25, -0.2) is 5.10 Å². The molecule has 1 heterocycles. The number of amides is 1. The zero-order valence-corrected chi connectivity index (χ0v) is 13.4. The number of ether oxygens (including phenoxy) is 1. The zero-order valence-electron chi connectivity index (χ0n) is 13.4. The van der Waals surface area contributed by atoms with Crippen molar-refractivity contribution in [2.45, 2.75) is 13.0 Å². The lowest BCUT2D eigenvalue weighted by Crippen LogP contribution is -2.27. The Morgan fingerprint density at radius 2 is 1.72 bits per heavy atom. The molecule has 0 bridgehead atoms. The first-order valence-corrected chi connectivity index (χ1v) is 7.82. The number of carbonyl (C=O) groups excluding carboxylic acids is 1. The standard InChI is InChI=1S/C19H17N3O3/c23-18(12-15-10-11-21-22-19(15)24)20-13-14-6-8-17(9-7-14)25-16-4-2-1-3-5-16/h1-11H,12-13H2,(H,20,23)(H,22,24). The minimum absolute atomic E-state index is 0.0209. The summed E-state index contributed by atoms with van der Waals surface area (Å²) in [6.45, 7) is 0.382. The summed E-state index contributed by atoms with van der Waals surface area (Å²) in [6.07, 6.45) is 1.47. The van der Waals surface area contributed by atoms with Crippen molar-refractivity contribution in [1.82, 2.24) is 15.5 Å². The monoisotopic (exact) mass is 335 g/mol. The third-order valence-electron chi connectivity index (χ3n) is 3.55. The number of carbonyl (C=O) groups is 1. The number of benzene rings is 2. The summed E-state index contributed by atoms with van der Waals surface area (Å²) < 4.78 is 5.72. The smallest absolute Gasteiger partial charge is 0.267 e. The van der Waals surface area contributed by atoms with Crippen LogP contribution in [0.15, 0.2) is 71.7 Å². The molecule has 2 aromatic carbocycles. The van der Waals surface area contributed by atoms with Crippen molar-refractivity contribution in [2.24, 2.45) is 0 Å². The predicted octanol–water partition coefficient (Wildman–Crippen LogP) is 2.42. The largest absolute Gasteiger partial charge is 0.457 e. The van der Waals surface area contributed by atoms with Gasteiger partial charge in [-0.1, -0.05) is 30.3 Å². The molecule has 0 unspecified atom stereocenters. The van der Waals surface area contributed by atoms with Gasteiger partial charge in [0.1, 0.15) is 11.5 Å². The van der Waals surface area contributed by atoms with Crippen molar-refractivity contribution in [3.8, 4) is 11.5 Å². The van der Waals surface area contributed by atoms with Gasteiger partial charge in [0, 0.05) is 18.3 Å². The van der Waals surface area contributed by atoms with Gasteiger partial charge < -0.3 is 10.1 Å². The van der Waals surface area contributed by atoms with Gasteiger partial charge >= 0.3 is 0 Å². The summed E-state index contributed by atoms with van der Waals surface area (Å²) in [4.78, 5) is 23.4. The van der Waals surface area contributed by atoms with Crippen LogP contribution in [-0.4, -0.2) is 16.1 Å². The molecular weight excluding hydrogens is 318 g/mol. The van der Waals surface area contributed by atoms with Crippen LogP contribution in [-0.2, 0) is 17.8 Å². The fourth-order valence-corrected chi connectivity index (χ4v) is 2.25. The van der Waals surface area contributed by atoms with Crippen molar-refractivity contribution in [1.29, 1.82) is 0 Å². The van der Waals surface area contributed by atoms with Crippen LogP contribution in [0.3, 0.4) is 0 Å². The number of aromatic amines is 1. The summed E-state index contributed by atoms with van der Waals surface area (Å²) >= 11 is 0. The molecular formula is C19H17N3O3. The highest BCUT2D eigenvalue weighted by Crippen LogP contribution is 2.21. The van der Waals surface area contributed by atoms with E-state index in [1.54, 1.807) is 0 Å². The van der Waals surface area contributed by atoms with Crippen LogP contribution in [0.2, 0.25) is 0 Å². The maximum absolute atomic E-state index is 11.9. The molecule has 2 N–H and O–H groups in total. The highest BCUT2D eigenvalue weighted by molar-refractivity contribution is 5.78. The predicted molar refractivity (Wildman–Crippen MR) is 93.4 cm³/mol. The molecule has 3 rings (SSSR count). The third kappa shape index (κ3) is 4.78. The number of rotatable bonds is 6. The molecule has 126 valence electrons. The SMILES string of the molecule is O=C(Cc1ccn[nH]c1=O)NCc1ccc(Oc2ccccc2)cc1. The topological polar surface area (TPSA) is 84.1 Å². The quantitative estimate of drug-likeness (QED) is 0.724. The molecule has 1 aromatic heterocycles. The van der Waals surface area contributed by atoms with E-state index in [1.165, 1.54) is 12.3 Å². The van der Waals surface area contributed by atoms with Gasteiger partial charge in [0.2, 0.25) is 5.91 Å². The molecule has 0 aliphatic rings. The first kappa shape index (κ1) is 16.4. The molecule has 0 aliphatic heterocycles. The highest BCUT2D eigenvalue weighted by Gasteiger charge is 2.07. The van der Waals surface area contributed by atoms with Gasteiger partial charge in [-0.3, -0.25) is 9.59 Å². The molecule has 0 radical (unpaired) electrons. The molecule has 0 aliphatic carbocycles. The summed E-state index contributed by atoms with van der Waals surface area (Å²) in [5.74, 6) is 1.28. The van der Waals surface area contributed by atoms with Gasteiger partial charge in [-0.2, -0.15) is 5.10 Å². The van der Waals surface area contributed by atoms with E-state index >= 15 is 0 Å². The van der Waals surface area contributed by atoms with Gasteiger partial charge in [0.15, 0.2) is 0 Å². The lowest BCUT2D eigenvalue weighted by molar-refractivity contribution is -0.120. The number of nitrogens with one attached hydrogen (secondary N) is 2. The minimum Gasteiger partial charge on any atom is -0.457 e. The van der Waals surface area contributed by atoms with Crippen LogP contribution in [0, 0.1) is 0 Å². The molecule has 0 saturated carbocycles. The summed E-state index contributed by atoms with van der Waals surface area (Å²) in [6, 6.07) is 18.5. The van der Waals surface area contributed by atoms with Crippen molar-refractivity contribution >= 4 is 5.91 Å². The highest BCUT2D eigenvalue weighted by atomic mass is 16.5. The molecule has 6 nitrogen and oxygen atoms in total. The molecule has 6 heteroatoms. The van der Waals surface area contributed by atoms with E-state index < -0.39 is 0 Å². The van der Waals surface area contributed by atoms with E-state index in [2.05, 4.69) is 15.5 Å². The Balaban J connectivity index is 1.52. The summed E-state index contributed by atoms with van der Waals surface area (Å²) in [7, 11) is 0. The van der Waals surface area contributed by atoms with Gasteiger partial charge in [-0.05, 0) is 35.9 Å². The van der Waals surface area contributed by atoms with Gasteiger partial charge in [0.05, 0.1) is 6.42 Å². The lowest BCUT2D eigenvalue weighted by atomic mass is 10.2. The molecule has 0 spiro atoms. The number of hydrogen-bond acceptors (Lipinski definition) is 4. The molecule has 0 atom stereocenters. The van der Waals surface area contributed by atoms with Crippen molar-refractivity contribution in [3.05, 3.63) is 88.3 Å². The molecule has 25 heavy (non-hydrogen) atoms. The zero-order chi connectivity index (χ0) is 17.5. The lowest BCUT2D eigenvalue weighted by Gasteiger charge is -2.08. The molecule has 0 saturated heterocycles. The van der Waals surface area contributed by atoms with Crippen LogP contribution in [0.5, 0.6) is 11.5 Å². The Bertz CT molecular complexity index is 890. The average molecular weight is 335 g/mol.